The molecule has 0 spiro atoms. The fraction of sp³-hybridized carbons (Fsp3) is 0.400. The summed E-state index contributed by atoms with van der Waals surface area (Å²) in [6, 6.07) is 10.1. The van der Waals surface area contributed by atoms with Gasteiger partial charge >= 0.3 is 161 Å². The Balaban J connectivity index is 1.20. The Bertz CT molecular complexity index is 1650. The van der Waals surface area contributed by atoms with Crippen LogP contribution in [0.3, 0.4) is 0 Å². The standard InChI is InChI=1S/C25H28FIN6O5S2/c1-17-27-16-32(27)33(30-17)15-20-12-18(14-28)2-3-19(20)4-7-25(34)31-10-8-21(9-11-31)39(35,36)24-6-5-22(13-23(24)26)40(29,37)38/h2-3,5-6,12-13,21H,4,7-11,15-16H2,1H3,(H2,29,37,38). The van der Waals surface area contributed by atoms with E-state index in [1.54, 1.807) is 11.0 Å². The predicted octanol–water partition coefficient (Wildman–Crippen LogP) is 2.50. The van der Waals surface area contributed by atoms with Crippen molar-refractivity contribution in [2.75, 3.05) is 17.6 Å². The third-order valence-corrected chi connectivity index (χ3v) is 15.1. The molecule has 0 aromatic heterocycles. The second-order valence-corrected chi connectivity index (χ2v) is 18.8. The van der Waals surface area contributed by atoms with E-state index in [4.69, 9.17) is 5.14 Å². The number of nitrogens with two attached hydrogens (primary N) is 1. The van der Waals surface area contributed by atoms with Crippen LogP contribution in [0.5, 0.6) is 0 Å². The van der Waals surface area contributed by atoms with Crippen molar-refractivity contribution in [2.45, 2.75) is 54.2 Å². The summed E-state index contributed by atoms with van der Waals surface area (Å²) in [5, 5.41) is 20.1. The van der Waals surface area contributed by atoms with Crippen LogP contribution in [0, 0.1) is 17.1 Å². The number of carbonyl (C=O) groups excluding carboxylic acids is 1. The topological polar surface area (TPSA) is 157 Å². The van der Waals surface area contributed by atoms with Crippen molar-refractivity contribution in [1.82, 2.24) is 13.2 Å². The molecule has 2 aromatic carbocycles. The first kappa shape index (κ1) is 28.9. The SMILES string of the molecule is CC1=NN(Cc2cc(C#N)ccc2CCC(=O)N2CCC(S(=O)(=O)c3ccc(S(N)(=O)=O)cc3F)CC2)N2CI12. The number of nitriles is 1. The molecule has 214 valence electrons. The van der Waals surface area contributed by atoms with Crippen LogP contribution in [0.2, 0.25) is 0 Å². The Morgan fingerprint density at radius 1 is 1.15 bits per heavy atom. The van der Waals surface area contributed by atoms with Gasteiger partial charge in [-0.05, 0) is 18.2 Å². The first-order valence-corrected chi connectivity index (χ1v) is 19.2. The molecule has 2 saturated heterocycles. The normalized spacial score (nSPS) is 20.2. The summed E-state index contributed by atoms with van der Waals surface area (Å²) in [5.74, 6) is -1.28. The van der Waals surface area contributed by atoms with Crippen molar-refractivity contribution < 1.29 is 26.0 Å². The molecular formula is C25H28FIN6O5S2. The Labute approximate surface area is 240 Å². The second kappa shape index (κ2) is 11.0. The molecule has 1 unspecified atom stereocenters. The van der Waals surface area contributed by atoms with Crippen LogP contribution in [-0.4, -0.2) is 62.6 Å². The van der Waals surface area contributed by atoms with E-state index >= 15 is 0 Å². The van der Waals surface area contributed by atoms with E-state index in [0.29, 0.717) is 24.6 Å². The van der Waals surface area contributed by atoms with Crippen LogP contribution >= 0.6 is 20.1 Å². The summed E-state index contributed by atoms with van der Waals surface area (Å²) in [6.07, 6.45) is 0.976. The summed E-state index contributed by atoms with van der Waals surface area (Å²) in [5.41, 5.74) is 2.46. The summed E-state index contributed by atoms with van der Waals surface area (Å²) in [6.45, 7) is 3.03. The number of amides is 1. The maximum absolute atomic E-state index is 14.6. The Morgan fingerprint density at radius 3 is 2.45 bits per heavy atom. The van der Waals surface area contributed by atoms with Crippen molar-refractivity contribution in [2.24, 2.45) is 10.2 Å². The number of carbonyl (C=O) groups is 1. The van der Waals surface area contributed by atoms with Gasteiger partial charge in [-0.25, -0.2) is 26.4 Å². The average Bonchev–Trinajstić information content (AvgIpc) is 3.66. The van der Waals surface area contributed by atoms with Gasteiger partial charge in [0, 0.05) is 0 Å². The molecule has 11 nitrogen and oxygen atoms in total. The number of benzene rings is 2. The number of halogens is 2. The monoisotopic (exact) mass is 702 g/mol. The number of hydrogen-bond donors (Lipinski definition) is 1. The van der Waals surface area contributed by atoms with Crippen LogP contribution in [-0.2, 0) is 37.6 Å². The van der Waals surface area contributed by atoms with Crippen molar-refractivity contribution in [1.29, 1.82) is 5.26 Å². The van der Waals surface area contributed by atoms with Crippen molar-refractivity contribution >= 4 is 49.6 Å². The maximum atomic E-state index is 14.6. The van der Waals surface area contributed by atoms with Gasteiger partial charge in [-0.15, -0.1) is 0 Å². The van der Waals surface area contributed by atoms with Crippen molar-refractivity contribution in [3.05, 3.63) is 58.9 Å². The van der Waals surface area contributed by atoms with E-state index in [1.165, 1.54) is 3.72 Å². The molecule has 0 radical (unpaired) electrons. The molecular weight excluding hydrogens is 674 g/mol. The minimum absolute atomic E-state index is 0.107. The van der Waals surface area contributed by atoms with E-state index in [0.717, 1.165) is 27.8 Å². The number of likely N-dealkylation sites (tertiary alicyclic amines) is 1. The number of alkyl halides is 1. The molecule has 2 N–H and O–H groups in total. The number of hydrogen-bond acceptors (Lipinski definition) is 9. The third-order valence-electron chi connectivity index (χ3n) is 7.23. The third kappa shape index (κ3) is 5.86. The van der Waals surface area contributed by atoms with Gasteiger partial charge in [0.25, 0.3) is 0 Å². The summed E-state index contributed by atoms with van der Waals surface area (Å²) < 4.78 is 68.2. The fourth-order valence-corrected chi connectivity index (χ4v) is 11.5. The molecule has 2 aromatic rings. The van der Waals surface area contributed by atoms with Gasteiger partial charge in [0.15, 0.2) is 9.84 Å². The van der Waals surface area contributed by atoms with Crippen molar-refractivity contribution in [3.63, 3.8) is 0 Å². The summed E-state index contributed by atoms with van der Waals surface area (Å²) in [4.78, 5) is 13.6. The van der Waals surface area contributed by atoms with Crippen LogP contribution in [0.15, 0.2) is 51.3 Å². The number of sulfone groups is 1. The Kier molecular flexibility index (Phi) is 7.92. The average molecular weight is 703 g/mol. The molecule has 0 saturated carbocycles. The molecule has 5 rings (SSSR count). The first-order valence-electron chi connectivity index (χ1n) is 12.5. The summed E-state index contributed by atoms with van der Waals surface area (Å²) in [7, 11) is -8.25. The Morgan fingerprint density at radius 2 is 1.88 bits per heavy atom. The molecule has 1 atom stereocenters. The zero-order valence-electron chi connectivity index (χ0n) is 21.6. The number of primary sulfonamides is 1. The Hall–Kier alpha value is -2.65. The van der Waals surface area contributed by atoms with Gasteiger partial charge in [-0.3, -0.25) is 0 Å². The van der Waals surface area contributed by atoms with E-state index in [2.05, 4.69) is 21.3 Å². The van der Waals surface area contributed by atoms with E-state index in [9.17, 15) is 31.3 Å². The minimum atomic E-state index is -4.17. The van der Waals surface area contributed by atoms with Gasteiger partial charge in [-0.1, -0.05) is 0 Å². The molecule has 40 heavy (non-hydrogen) atoms. The van der Waals surface area contributed by atoms with Gasteiger partial charge < -0.3 is 0 Å². The van der Waals surface area contributed by atoms with Gasteiger partial charge in [-0.2, -0.15) is 0 Å². The molecule has 3 aliphatic heterocycles. The van der Waals surface area contributed by atoms with Gasteiger partial charge in [0.1, 0.15) is 10.7 Å². The fourth-order valence-electron chi connectivity index (χ4n) is 4.95. The van der Waals surface area contributed by atoms with E-state index in [1.807, 2.05) is 17.3 Å². The number of sulfonamides is 1. The molecule has 15 heteroatoms. The van der Waals surface area contributed by atoms with E-state index in [-0.39, 0.29) is 38.3 Å². The zero-order chi connectivity index (χ0) is 28.8. The van der Waals surface area contributed by atoms with Crippen LogP contribution in [0.25, 0.3) is 0 Å². The van der Waals surface area contributed by atoms with Crippen molar-refractivity contribution in [3.8, 4) is 6.07 Å². The number of aryl methyl sites for hydroxylation is 1. The second-order valence-electron chi connectivity index (χ2n) is 9.78. The van der Waals surface area contributed by atoms with Crippen LogP contribution < -0.4 is 5.14 Å². The molecule has 1 amide bonds. The van der Waals surface area contributed by atoms with E-state index < -0.39 is 60.8 Å². The molecule has 0 bridgehead atoms. The van der Waals surface area contributed by atoms with Crippen LogP contribution in [0.4, 0.5) is 4.39 Å². The number of piperidine rings is 1. The quantitative estimate of drug-likeness (QED) is 0.145. The van der Waals surface area contributed by atoms with Gasteiger partial charge in [0.2, 0.25) is 10.0 Å². The van der Waals surface area contributed by atoms with Gasteiger partial charge in [0.05, 0.1) is 4.90 Å². The number of nitrogens with zero attached hydrogens (tertiary/aromatic N) is 5. The summed E-state index contributed by atoms with van der Waals surface area (Å²) >= 11 is -1.20. The number of fused-ring (bicyclic) bond motifs is 1. The molecule has 3 heterocycles. The number of hydrazone groups is 1. The molecule has 0 aliphatic carbocycles. The number of hydrazine groups is 1. The number of rotatable bonds is 8. The molecule has 2 fully saturated rings. The van der Waals surface area contributed by atoms with Crippen LogP contribution in [0.1, 0.15) is 42.9 Å². The molecule has 3 aliphatic rings. The predicted molar refractivity (Wildman–Crippen MR) is 153 cm³/mol. The first-order chi connectivity index (χ1) is 18.9. The zero-order valence-corrected chi connectivity index (χ0v) is 25.4.